The molecule has 1 fully saturated rings. The van der Waals surface area contributed by atoms with Crippen LogP contribution in [0.15, 0.2) is 36.4 Å². The number of amides is 4. The second-order valence-electron chi connectivity index (χ2n) is 9.83. The normalized spacial score (nSPS) is 16.2. The summed E-state index contributed by atoms with van der Waals surface area (Å²) in [7, 11) is 0. The highest BCUT2D eigenvalue weighted by atomic mass is 19.4. The van der Waals surface area contributed by atoms with Crippen LogP contribution in [0.2, 0.25) is 0 Å². The monoisotopic (exact) mass is 549 g/mol. The van der Waals surface area contributed by atoms with Crippen molar-refractivity contribution in [3.63, 3.8) is 0 Å². The van der Waals surface area contributed by atoms with E-state index in [9.17, 15) is 27.6 Å². The summed E-state index contributed by atoms with van der Waals surface area (Å²) in [6.07, 6.45) is -3.92. The number of nitrogens with one attached hydrogen (secondary N) is 2. The van der Waals surface area contributed by atoms with E-state index in [1.54, 1.807) is 0 Å². The van der Waals surface area contributed by atoms with E-state index in [4.69, 9.17) is 11.5 Å². The first kappa shape index (κ1) is 29.9. The molecule has 4 amide bonds. The lowest BCUT2D eigenvalue weighted by atomic mass is 10.1. The summed E-state index contributed by atoms with van der Waals surface area (Å²) in [5.41, 5.74) is 12.9. The number of urea groups is 1. The fourth-order valence-corrected chi connectivity index (χ4v) is 5.03. The van der Waals surface area contributed by atoms with Gasteiger partial charge < -0.3 is 22.1 Å². The Bertz CT molecular complexity index is 1230. The largest absolute Gasteiger partial charge is 0.419 e. The van der Waals surface area contributed by atoms with Gasteiger partial charge in [-0.1, -0.05) is 12.1 Å². The third kappa shape index (κ3) is 6.87. The molecule has 1 atom stereocenters. The van der Waals surface area contributed by atoms with Crippen LogP contribution in [0.3, 0.4) is 0 Å². The van der Waals surface area contributed by atoms with Crippen molar-refractivity contribution in [3.05, 3.63) is 58.7 Å². The molecule has 6 N–H and O–H groups in total. The number of primary amides is 1. The van der Waals surface area contributed by atoms with Gasteiger partial charge in [-0.05, 0) is 51.0 Å². The number of benzene rings is 2. The molecule has 1 saturated heterocycles. The van der Waals surface area contributed by atoms with Gasteiger partial charge in [-0.3, -0.25) is 14.5 Å². The third-order valence-electron chi connectivity index (χ3n) is 7.31. The second kappa shape index (κ2) is 12.0. The SMILES string of the molecule is CC[N+](CC)(C(N)=O)c1cc(CN2CC[C@@H](NC(=O)CNC(=O)c3cc(C(F)(F)F)ccc3N)C2)ccc1C. The maximum atomic E-state index is 13.0. The fraction of sp³-hybridized carbons (Fsp3) is 0.444. The summed E-state index contributed by atoms with van der Waals surface area (Å²) in [5, 5.41) is 5.20. The first-order chi connectivity index (χ1) is 18.3. The Morgan fingerprint density at radius 2 is 1.79 bits per heavy atom. The standard InChI is InChI=1S/C27H35F3N6O3/c1-4-36(5-2,26(32)39)23-12-18(7-6-17(23)3)15-35-11-10-20(16-35)34-24(37)14-33-25(38)21-13-19(27(28,29)30)8-9-22(21)31/h6-9,12-13,20H,4-5,10-11,14-16H2,1-3H3,(H5-,31,32,33,34,37,38,39)/p+1/t20-/m1/s1. The zero-order valence-corrected chi connectivity index (χ0v) is 22.4. The Balaban J connectivity index is 1.56. The zero-order chi connectivity index (χ0) is 29.0. The van der Waals surface area contributed by atoms with Gasteiger partial charge in [0.2, 0.25) is 5.91 Å². The highest BCUT2D eigenvalue weighted by Gasteiger charge is 2.36. The van der Waals surface area contributed by atoms with Crippen molar-refractivity contribution in [1.29, 1.82) is 0 Å². The number of carbonyl (C=O) groups is 3. The molecule has 0 saturated carbocycles. The van der Waals surface area contributed by atoms with Crippen LogP contribution in [0.1, 0.15) is 47.3 Å². The number of hydrogen-bond acceptors (Lipinski definition) is 5. The molecule has 0 aromatic heterocycles. The van der Waals surface area contributed by atoms with Crippen LogP contribution >= 0.6 is 0 Å². The van der Waals surface area contributed by atoms with Crippen LogP contribution in [-0.4, -0.2) is 61.5 Å². The number of anilines is 1. The van der Waals surface area contributed by atoms with Gasteiger partial charge in [-0.15, -0.1) is 0 Å². The van der Waals surface area contributed by atoms with Crippen molar-refractivity contribution in [2.24, 2.45) is 5.73 Å². The molecular weight excluding hydrogens is 513 g/mol. The molecule has 1 heterocycles. The van der Waals surface area contributed by atoms with Crippen molar-refractivity contribution in [2.45, 2.75) is 46.0 Å². The van der Waals surface area contributed by atoms with Crippen molar-refractivity contribution in [1.82, 2.24) is 20.0 Å². The van der Waals surface area contributed by atoms with Gasteiger partial charge in [-0.25, -0.2) is 9.28 Å². The van der Waals surface area contributed by atoms with E-state index in [0.717, 1.165) is 35.5 Å². The summed E-state index contributed by atoms with van der Waals surface area (Å²) in [6.45, 7) is 8.47. The molecule has 2 aromatic carbocycles. The molecule has 0 spiro atoms. The Labute approximate surface area is 225 Å². The molecule has 3 rings (SSSR count). The van der Waals surface area contributed by atoms with Crippen molar-refractivity contribution in [2.75, 3.05) is 38.5 Å². The number of nitrogens with two attached hydrogens (primary N) is 2. The van der Waals surface area contributed by atoms with E-state index in [1.165, 1.54) is 0 Å². The van der Waals surface area contributed by atoms with Gasteiger partial charge in [0, 0.05) is 43.0 Å². The number of halogens is 3. The minimum atomic E-state index is -4.62. The molecule has 0 radical (unpaired) electrons. The van der Waals surface area contributed by atoms with Crippen LogP contribution in [0.4, 0.5) is 29.3 Å². The Kier molecular flexibility index (Phi) is 9.23. The molecule has 1 aliphatic rings. The van der Waals surface area contributed by atoms with Gasteiger partial charge in [0.1, 0.15) is 5.69 Å². The molecule has 0 aliphatic carbocycles. The number of rotatable bonds is 9. The average Bonchev–Trinajstić information content (AvgIpc) is 3.31. The van der Waals surface area contributed by atoms with E-state index in [0.29, 0.717) is 38.7 Å². The number of hydrogen-bond donors (Lipinski definition) is 4. The summed E-state index contributed by atoms with van der Waals surface area (Å²) in [6, 6.07) is 7.95. The van der Waals surface area contributed by atoms with Crippen LogP contribution in [-0.2, 0) is 17.5 Å². The first-order valence-corrected chi connectivity index (χ1v) is 12.8. The fourth-order valence-electron chi connectivity index (χ4n) is 5.03. The van der Waals surface area contributed by atoms with E-state index in [2.05, 4.69) is 15.5 Å². The molecule has 0 unspecified atom stereocenters. The maximum absolute atomic E-state index is 13.0. The van der Waals surface area contributed by atoms with E-state index in [1.807, 2.05) is 39.0 Å². The van der Waals surface area contributed by atoms with Crippen molar-refractivity contribution in [3.8, 4) is 0 Å². The molecule has 2 aromatic rings. The van der Waals surface area contributed by atoms with Gasteiger partial charge in [-0.2, -0.15) is 13.2 Å². The van der Waals surface area contributed by atoms with Crippen LogP contribution in [0, 0.1) is 6.92 Å². The quantitative estimate of drug-likeness (QED) is 0.282. The molecule has 1 aliphatic heterocycles. The van der Waals surface area contributed by atoms with Gasteiger partial charge in [0.05, 0.1) is 30.8 Å². The van der Waals surface area contributed by atoms with Crippen molar-refractivity contribution >= 4 is 29.2 Å². The van der Waals surface area contributed by atoms with E-state index in [-0.39, 0.29) is 21.8 Å². The summed E-state index contributed by atoms with van der Waals surface area (Å²) >= 11 is 0. The molecule has 39 heavy (non-hydrogen) atoms. The van der Waals surface area contributed by atoms with Crippen LogP contribution < -0.4 is 26.6 Å². The topological polar surface area (TPSA) is 131 Å². The number of carbonyl (C=O) groups excluding carboxylic acids is 3. The number of aryl methyl sites for hydroxylation is 1. The van der Waals surface area contributed by atoms with E-state index < -0.39 is 36.1 Å². The van der Waals surface area contributed by atoms with Gasteiger partial charge in [0.25, 0.3) is 5.91 Å². The molecule has 0 bridgehead atoms. The lowest BCUT2D eigenvalue weighted by Crippen LogP contribution is -2.57. The highest BCUT2D eigenvalue weighted by Crippen LogP contribution is 2.31. The zero-order valence-electron chi connectivity index (χ0n) is 22.4. The smallest absolute Gasteiger partial charge is 0.398 e. The molecule has 212 valence electrons. The number of alkyl halides is 3. The number of likely N-dealkylation sites (tertiary alicyclic amines) is 1. The predicted molar refractivity (Wildman–Crippen MR) is 144 cm³/mol. The molecular formula is C27H36F3N6O3+. The Morgan fingerprint density at radius 3 is 2.41 bits per heavy atom. The van der Waals surface area contributed by atoms with Gasteiger partial charge >= 0.3 is 12.2 Å². The minimum Gasteiger partial charge on any atom is -0.398 e. The average molecular weight is 550 g/mol. The number of nitrogen functional groups attached to an aromatic ring is 1. The Hall–Kier alpha value is -3.64. The molecule has 9 nitrogen and oxygen atoms in total. The highest BCUT2D eigenvalue weighted by molar-refractivity contribution is 6.00. The summed E-state index contributed by atoms with van der Waals surface area (Å²) in [4.78, 5) is 39.3. The predicted octanol–water partition coefficient (Wildman–Crippen LogP) is 3.14. The lowest BCUT2D eigenvalue weighted by Gasteiger charge is -2.33. The van der Waals surface area contributed by atoms with E-state index >= 15 is 0 Å². The van der Waals surface area contributed by atoms with Gasteiger partial charge in [0.15, 0.2) is 0 Å². The first-order valence-electron chi connectivity index (χ1n) is 12.8. The van der Waals surface area contributed by atoms with Crippen LogP contribution in [0.25, 0.3) is 0 Å². The number of quaternary nitrogens is 1. The minimum absolute atomic E-state index is 0.0657. The third-order valence-corrected chi connectivity index (χ3v) is 7.31. The lowest BCUT2D eigenvalue weighted by molar-refractivity contribution is -0.137. The summed E-state index contributed by atoms with van der Waals surface area (Å²) in [5.74, 6) is -1.31. The van der Waals surface area contributed by atoms with Crippen LogP contribution in [0.5, 0.6) is 0 Å². The van der Waals surface area contributed by atoms with Crippen molar-refractivity contribution < 1.29 is 27.6 Å². The molecule has 12 heteroatoms. The Morgan fingerprint density at radius 1 is 1.10 bits per heavy atom. The summed E-state index contributed by atoms with van der Waals surface area (Å²) < 4.78 is 39.0. The second-order valence-corrected chi connectivity index (χ2v) is 9.83. The maximum Gasteiger partial charge on any atom is 0.419 e. The number of nitrogens with zero attached hydrogens (tertiary/aromatic N) is 2.